The minimum atomic E-state index is -0.817. The molecule has 6 aromatic carbocycles. The van der Waals surface area contributed by atoms with E-state index in [1.54, 1.807) is 170 Å². The maximum atomic E-state index is 12.5. The first-order valence-corrected chi connectivity index (χ1v) is 31.5. The van der Waals surface area contributed by atoms with E-state index in [1.807, 2.05) is 12.1 Å². The summed E-state index contributed by atoms with van der Waals surface area (Å²) < 4.78 is 46.6. The number of hydrogen-bond acceptors (Lipinski definition) is 28. The van der Waals surface area contributed by atoms with Crippen molar-refractivity contribution in [2.24, 2.45) is 29.0 Å². The summed E-state index contributed by atoms with van der Waals surface area (Å²) in [7, 11) is 10.1. The number of H-pyrrole nitrogens is 2. The Labute approximate surface area is 622 Å². The van der Waals surface area contributed by atoms with E-state index in [-0.39, 0.29) is 28.1 Å². The van der Waals surface area contributed by atoms with Gasteiger partial charge in [0.1, 0.15) is 93.9 Å². The van der Waals surface area contributed by atoms with Crippen LogP contribution in [0.5, 0.6) is 0 Å². The van der Waals surface area contributed by atoms with Crippen molar-refractivity contribution in [3.05, 3.63) is 227 Å². The van der Waals surface area contributed by atoms with Gasteiger partial charge in [0, 0.05) is 47.0 Å². The second kappa shape index (κ2) is 44.0. The summed E-state index contributed by atoms with van der Waals surface area (Å²) >= 11 is 0. The molecule has 37 heteroatoms. The lowest BCUT2D eigenvalue weighted by Gasteiger charge is -2.09. The number of aryl methyl sites for hydroxylation is 3. The van der Waals surface area contributed by atoms with Gasteiger partial charge in [0.15, 0.2) is 16.9 Å². The molecule has 0 saturated carbocycles. The van der Waals surface area contributed by atoms with Gasteiger partial charge < -0.3 is 63.9 Å². The fourth-order valence-corrected chi connectivity index (χ4v) is 9.32. The molecule has 5 heterocycles. The van der Waals surface area contributed by atoms with Crippen molar-refractivity contribution in [1.82, 2.24) is 49.3 Å². The van der Waals surface area contributed by atoms with Gasteiger partial charge in [-0.15, -0.1) is 0 Å². The zero-order chi connectivity index (χ0) is 81.6. The predicted molar refractivity (Wildman–Crippen MR) is 407 cm³/mol. The molecule has 0 aliphatic rings. The van der Waals surface area contributed by atoms with Crippen LogP contribution in [-0.2, 0) is 4.74 Å². The number of nitrogen functional groups attached to an aromatic ring is 2. The maximum Gasteiger partial charge on any atom is 0.262 e. The van der Waals surface area contributed by atoms with Crippen molar-refractivity contribution < 1.29 is 22.7 Å². The Balaban J connectivity index is 0.000000335. The second-order valence-corrected chi connectivity index (χ2v) is 20.9. The number of allylic oxidation sites excluding steroid dienone is 2. The number of carbonyl (C=O) groups is 1. The minimum absolute atomic E-state index is 0.0434. The number of halogens is 3. The molecule has 1 amide bonds. The predicted octanol–water partition coefficient (Wildman–Crippen LogP) is 7.64. The molecule has 0 fully saturated rings. The van der Waals surface area contributed by atoms with E-state index in [0.717, 1.165) is 29.2 Å². The number of ether oxygens (including phenoxy) is 1. The highest BCUT2D eigenvalue weighted by Crippen LogP contribution is 2.27. The molecule has 0 unspecified atom stereocenters. The number of benzene rings is 6. The normalized spacial score (nSPS) is 9.34. The lowest BCUT2D eigenvalue weighted by atomic mass is 10.1. The molecular weight excluding hydrogens is 1410 g/mol. The third-order valence-corrected chi connectivity index (χ3v) is 14.5. The van der Waals surface area contributed by atoms with Gasteiger partial charge in [0.05, 0.1) is 115 Å². The molecule has 20 N–H and O–H groups in total. The third kappa shape index (κ3) is 22.9. The lowest BCUT2D eigenvalue weighted by molar-refractivity contribution is 0.100. The van der Waals surface area contributed by atoms with E-state index in [0.29, 0.717) is 131 Å². The number of carbonyl (C=O) groups excluding carboxylic acids is 1. The highest BCUT2D eigenvalue weighted by molar-refractivity contribution is 5.99. The molecule has 0 spiro atoms. The standard InChI is InChI=1S/C14H14N6O2.C14H12N6O.C13H12N6.C8H7FN2.C8H10N4.C7H3F2N.C7H8N2O.CH5N.H4N2/c1-7-11-13(17-6-18-14(11)22)20(19-7)8-3-4-9(12(15)21)10(5-8)16-2;1-8-12-13(17-7-18-14(12)21)20(19-8)10-4-3-9(6-15)11(5-10)16-2;1-8-11(7-15)13(16)19(18-8)10-4-3-9(6-14)12(5-10)17-2;1-11-8-4-7(9)3-2-6(8)5-10;1-11-8-4-7(12-10)3-2-6(8)5-9;8-6-2-1-5(4-10)7(9)3-6;1-3-10-6(2)7(4-8)5-9;2*1-2/h3-6,16H,1-2H3,(H2,15,21)(H,17,18,22);3-5,7,16H,1-2H3,(H,17,18,21);3-5,17H,16H2,1-2H3;2-4,11H,1H3;2-4,11-12H,10H2,1H3;1-3H;3H2,1-2H3;2H2,1H3;1-2H2. The van der Waals surface area contributed by atoms with Crippen LogP contribution < -0.4 is 77.9 Å². The Hall–Kier alpha value is -15.6. The van der Waals surface area contributed by atoms with Crippen molar-refractivity contribution in [2.75, 3.05) is 86.6 Å². The second-order valence-electron chi connectivity index (χ2n) is 20.9. The summed E-state index contributed by atoms with van der Waals surface area (Å²) in [5.41, 5.74) is 29.4. The summed E-state index contributed by atoms with van der Waals surface area (Å²) in [5, 5.41) is 97.4. The fraction of sp³-hybridized carbons (Fsp3) is 0.167. The molecule has 109 heavy (non-hydrogen) atoms. The van der Waals surface area contributed by atoms with Gasteiger partial charge >= 0.3 is 0 Å². The smallest absolute Gasteiger partial charge is 0.262 e. The number of hydrazine groups is 2. The quantitative estimate of drug-likeness (QED) is 0.0242. The summed E-state index contributed by atoms with van der Waals surface area (Å²) in [6, 6.07) is 42.9. The number of nitrogens with two attached hydrogens (primary N) is 6. The van der Waals surface area contributed by atoms with Crippen LogP contribution in [0.4, 0.5) is 53.1 Å². The summed E-state index contributed by atoms with van der Waals surface area (Å²) in [4.78, 5) is 48.6. The van der Waals surface area contributed by atoms with Crippen LogP contribution in [0.25, 0.3) is 39.1 Å². The number of primary amides is 1. The number of hydrogen-bond donors (Lipinski definition) is 14. The topological polar surface area (TPSA) is 590 Å². The Morgan fingerprint density at radius 3 is 1.28 bits per heavy atom. The largest absolute Gasteiger partial charge is 0.496 e. The molecular formula is C72H75F3N30O4. The Morgan fingerprint density at radius 2 is 0.899 bits per heavy atom. The molecule has 0 radical (unpaired) electrons. The van der Waals surface area contributed by atoms with Crippen LogP contribution in [0, 0.1) is 129 Å². The van der Waals surface area contributed by atoms with Crippen LogP contribution in [0.1, 0.15) is 74.7 Å². The van der Waals surface area contributed by atoms with Crippen molar-refractivity contribution in [1.29, 1.82) is 42.1 Å². The zero-order valence-electron chi connectivity index (χ0n) is 60.6. The maximum absolute atomic E-state index is 12.5. The van der Waals surface area contributed by atoms with E-state index in [9.17, 15) is 27.6 Å². The Morgan fingerprint density at radius 1 is 0.523 bits per heavy atom. The first kappa shape index (κ1) is 87.6. The molecule has 0 aliphatic carbocycles. The van der Waals surface area contributed by atoms with Gasteiger partial charge in [-0.1, -0.05) is 0 Å². The van der Waals surface area contributed by atoms with Gasteiger partial charge in [0.25, 0.3) is 17.0 Å². The van der Waals surface area contributed by atoms with E-state index in [2.05, 4.69) is 103 Å². The average molecular weight is 1480 g/mol. The van der Waals surface area contributed by atoms with Crippen molar-refractivity contribution in [3.8, 4) is 65.6 Å². The third-order valence-electron chi connectivity index (χ3n) is 14.5. The number of fused-ring (bicyclic) bond motifs is 2. The fourth-order valence-electron chi connectivity index (χ4n) is 9.32. The molecule has 0 atom stereocenters. The van der Waals surface area contributed by atoms with E-state index < -0.39 is 17.5 Å². The van der Waals surface area contributed by atoms with Gasteiger partial charge in [-0.3, -0.25) is 31.9 Å². The molecule has 558 valence electrons. The molecule has 5 aromatic heterocycles. The van der Waals surface area contributed by atoms with Crippen molar-refractivity contribution in [3.63, 3.8) is 0 Å². The highest BCUT2D eigenvalue weighted by atomic mass is 19.1. The number of nitriles is 8. The first-order chi connectivity index (χ1) is 52.4. The Kier molecular flexibility index (Phi) is 35.4. The summed E-state index contributed by atoms with van der Waals surface area (Å²) in [6.07, 6.45) is 2.68. The van der Waals surface area contributed by atoms with E-state index >= 15 is 0 Å². The van der Waals surface area contributed by atoms with Crippen LogP contribution in [0.15, 0.2) is 143 Å². The van der Waals surface area contributed by atoms with Gasteiger partial charge in [-0.2, -0.15) is 57.4 Å². The molecule has 11 aromatic rings. The van der Waals surface area contributed by atoms with Crippen LogP contribution in [-0.4, -0.2) is 104 Å². The molecule has 0 aliphatic heterocycles. The van der Waals surface area contributed by atoms with Gasteiger partial charge in [-0.25, -0.2) is 37.2 Å². The first-order valence-electron chi connectivity index (χ1n) is 31.5. The number of rotatable bonds is 12. The molecule has 0 saturated heterocycles. The van der Waals surface area contributed by atoms with E-state index in [4.69, 9.17) is 64.1 Å². The number of nitrogens with one attached hydrogen (secondary N) is 8. The molecule has 34 nitrogen and oxygen atoms in total. The van der Waals surface area contributed by atoms with Crippen LogP contribution in [0.2, 0.25) is 0 Å². The van der Waals surface area contributed by atoms with Crippen LogP contribution in [0.3, 0.4) is 0 Å². The average Bonchev–Trinajstić information content (AvgIpc) is 1.64. The zero-order valence-corrected chi connectivity index (χ0v) is 60.6. The lowest BCUT2D eigenvalue weighted by Crippen LogP contribution is -2.14. The highest BCUT2D eigenvalue weighted by Gasteiger charge is 2.19. The van der Waals surface area contributed by atoms with E-state index in [1.165, 1.54) is 42.6 Å². The summed E-state index contributed by atoms with van der Waals surface area (Å²) in [5.74, 6) is 11.6. The Bertz CT molecular complexity index is 5510. The van der Waals surface area contributed by atoms with Gasteiger partial charge in [0.2, 0.25) is 0 Å². The van der Waals surface area contributed by atoms with Crippen molar-refractivity contribution in [2.45, 2.75) is 34.6 Å². The number of aromatic nitrogens is 10. The van der Waals surface area contributed by atoms with Crippen LogP contribution >= 0.6 is 0 Å². The number of nitrogens with zero attached hydrogens (tertiary/aromatic N) is 16. The molecule has 11 rings (SSSR count). The summed E-state index contributed by atoms with van der Waals surface area (Å²) in [6.45, 7) is 9.12. The molecule has 0 bridgehead atoms. The van der Waals surface area contributed by atoms with Crippen molar-refractivity contribution >= 4 is 67.9 Å². The minimum Gasteiger partial charge on any atom is -0.496 e. The number of amides is 1. The van der Waals surface area contributed by atoms with Gasteiger partial charge in [-0.05, 0) is 145 Å². The monoisotopic (exact) mass is 1480 g/mol. The number of anilines is 7. The SMILES string of the molecule is CCOC(C)=C(C#N)C#N.CN.CNc1cc(-n2nc(C)c(C#N)c2N)ccc1C#N.CNc1cc(-n2nc(C)c3c(=O)[nH]cnc32)ccc1C#N.CNc1cc(-n2nc(C)c3c(=O)[nH]cnc32)ccc1C(N)=O.CNc1cc(F)ccc1C#N.CNc1cc(NN)ccc1C#N.N#Cc1ccc(F)cc1F.NN. The number of aromatic amines is 2.